The van der Waals surface area contributed by atoms with Gasteiger partial charge < -0.3 is 14.3 Å². The lowest BCUT2D eigenvalue weighted by Gasteiger charge is -2.13. The Hall–Kier alpha value is -0.780. The van der Waals surface area contributed by atoms with Gasteiger partial charge in [-0.05, 0) is 22.0 Å². The first-order chi connectivity index (χ1) is 7.24. The van der Waals surface area contributed by atoms with Crippen LogP contribution < -0.4 is 15.0 Å². The molecule has 1 aromatic rings. The van der Waals surface area contributed by atoms with Gasteiger partial charge in [-0.15, -0.1) is 0 Å². The fourth-order valence-corrected chi connectivity index (χ4v) is 1.96. The van der Waals surface area contributed by atoms with E-state index < -0.39 is 0 Å². The first-order valence-corrected chi connectivity index (χ1v) is 5.19. The monoisotopic (exact) mass is 275 g/mol. The Morgan fingerprint density at radius 3 is 2.47 bits per heavy atom. The lowest BCUT2D eigenvalue weighted by Crippen LogP contribution is -2.11. The maximum atomic E-state index is 5.29. The van der Waals surface area contributed by atoms with Gasteiger partial charge in [-0.25, -0.2) is 0 Å². The quantitative estimate of drug-likeness (QED) is 0.836. The zero-order chi connectivity index (χ0) is 11.3. The Labute approximate surface area is 97.6 Å². The molecule has 1 aromatic carbocycles. The molecule has 0 fully saturated rings. The molecule has 0 heterocycles. The second kappa shape index (κ2) is 5.95. The van der Waals surface area contributed by atoms with Gasteiger partial charge in [0.25, 0.3) is 0 Å². The van der Waals surface area contributed by atoms with E-state index in [4.69, 9.17) is 14.3 Å². The fourth-order valence-electron chi connectivity index (χ4n) is 1.25. The van der Waals surface area contributed by atoms with E-state index in [1.165, 1.54) is 0 Å². The highest BCUT2D eigenvalue weighted by atomic mass is 79.9. The molecule has 0 aliphatic carbocycles. The number of hydrogen-bond donors (Lipinski definition) is 1. The molecule has 15 heavy (non-hydrogen) atoms. The van der Waals surface area contributed by atoms with Crippen LogP contribution in [0.4, 0.5) is 0 Å². The van der Waals surface area contributed by atoms with E-state index in [1.54, 1.807) is 21.3 Å². The lowest BCUT2D eigenvalue weighted by atomic mass is 10.2. The van der Waals surface area contributed by atoms with Gasteiger partial charge in [0.15, 0.2) is 0 Å². The highest BCUT2D eigenvalue weighted by Crippen LogP contribution is 2.36. The molecule has 0 aromatic heterocycles. The SMILES string of the molecule is CONCc1ccc(OC)c(Br)c1OC. The molecule has 0 saturated carbocycles. The number of ether oxygens (including phenoxy) is 2. The van der Waals surface area contributed by atoms with Gasteiger partial charge in [-0.3, -0.25) is 0 Å². The summed E-state index contributed by atoms with van der Waals surface area (Å²) in [6, 6.07) is 3.80. The molecule has 4 nitrogen and oxygen atoms in total. The van der Waals surface area contributed by atoms with Crippen molar-refractivity contribution < 1.29 is 14.3 Å². The molecule has 0 amide bonds. The van der Waals surface area contributed by atoms with Crippen LogP contribution in [0.5, 0.6) is 11.5 Å². The average molecular weight is 276 g/mol. The Kier molecular flexibility index (Phi) is 4.87. The van der Waals surface area contributed by atoms with Crippen molar-refractivity contribution in [1.29, 1.82) is 0 Å². The van der Waals surface area contributed by atoms with Crippen LogP contribution in [0.15, 0.2) is 16.6 Å². The molecule has 0 radical (unpaired) electrons. The van der Waals surface area contributed by atoms with E-state index in [9.17, 15) is 0 Å². The summed E-state index contributed by atoms with van der Waals surface area (Å²) in [5.74, 6) is 1.49. The highest BCUT2D eigenvalue weighted by molar-refractivity contribution is 9.10. The molecular formula is C10H14BrNO3. The van der Waals surface area contributed by atoms with Crippen molar-refractivity contribution in [2.24, 2.45) is 0 Å². The van der Waals surface area contributed by atoms with Crippen LogP contribution in [0.2, 0.25) is 0 Å². The van der Waals surface area contributed by atoms with Crippen molar-refractivity contribution in [3.8, 4) is 11.5 Å². The minimum Gasteiger partial charge on any atom is -0.495 e. The minimum atomic E-state index is 0.572. The summed E-state index contributed by atoms with van der Waals surface area (Å²) in [6.07, 6.45) is 0. The number of benzene rings is 1. The van der Waals surface area contributed by atoms with Gasteiger partial charge in [0.2, 0.25) is 0 Å². The minimum absolute atomic E-state index is 0.572. The van der Waals surface area contributed by atoms with Crippen molar-refractivity contribution in [2.75, 3.05) is 21.3 Å². The van der Waals surface area contributed by atoms with E-state index in [2.05, 4.69) is 21.4 Å². The van der Waals surface area contributed by atoms with E-state index in [0.717, 1.165) is 21.5 Å². The van der Waals surface area contributed by atoms with E-state index in [-0.39, 0.29) is 0 Å². The van der Waals surface area contributed by atoms with Crippen LogP contribution in [-0.2, 0) is 11.4 Å². The van der Waals surface area contributed by atoms with Gasteiger partial charge in [0.05, 0.1) is 21.3 Å². The molecule has 1 N–H and O–H groups in total. The molecule has 0 spiro atoms. The molecule has 0 atom stereocenters. The Bertz CT molecular complexity index is 331. The number of hydrogen-bond acceptors (Lipinski definition) is 4. The summed E-state index contributed by atoms with van der Waals surface area (Å²) in [6.45, 7) is 0.572. The van der Waals surface area contributed by atoms with Crippen molar-refractivity contribution in [3.05, 3.63) is 22.2 Å². The Balaban J connectivity index is 3.01. The van der Waals surface area contributed by atoms with Gasteiger partial charge >= 0.3 is 0 Å². The van der Waals surface area contributed by atoms with E-state index in [0.29, 0.717) is 6.54 Å². The summed E-state index contributed by atoms with van der Waals surface area (Å²) in [4.78, 5) is 4.79. The van der Waals surface area contributed by atoms with Crippen LogP contribution in [-0.4, -0.2) is 21.3 Å². The molecule has 0 bridgehead atoms. The number of halogens is 1. The predicted octanol–water partition coefficient (Wildman–Crippen LogP) is 2.12. The van der Waals surface area contributed by atoms with Gasteiger partial charge in [0, 0.05) is 12.1 Å². The number of nitrogens with one attached hydrogen (secondary N) is 1. The largest absolute Gasteiger partial charge is 0.495 e. The molecule has 84 valence electrons. The van der Waals surface area contributed by atoms with Gasteiger partial charge in [0.1, 0.15) is 16.0 Å². The third-order valence-electron chi connectivity index (χ3n) is 1.97. The van der Waals surface area contributed by atoms with Crippen LogP contribution >= 0.6 is 15.9 Å². The third-order valence-corrected chi connectivity index (χ3v) is 2.73. The second-order valence-electron chi connectivity index (χ2n) is 2.80. The highest BCUT2D eigenvalue weighted by Gasteiger charge is 2.11. The Morgan fingerprint density at radius 2 is 1.93 bits per heavy atom. The van der Waals surface area contributed by atoms with Crippen molar-refractivity contribution >= 4 is 15.9 Å². The summed E-state index contributed by atoms with van der Waals surface area (Å²) in [5.41, 5.74) is 3.75. The summed E-state index contributed by atoms with van der Waals surface area (Å²) in [5, 5.41) is 0. The maximum absolute atomic E-state index is 5.29. The molecular weight excluding hydrogens is 262 g/mol. The third kappa shape index (κ3) is 2.84. The first-order valence-electron chi connectivity index (χ1n) is 4.39. The van der Waals surface area contributed by atoms with Crippen LogP contribution in [0.1, 0.15) is 5.56 Å². The fraction of sp³-hybridized carbons (Fsp3) is 0.400. The number of rotatable bonds is 5. The van der Waals surface area contributed by atoms with Crippen LogP contribution in [0, 0.1) is 0 Å². The average Bonchev–Trinajstić information content (AvgIpc) is 2.26. The van der Waals surface area contributed by atoms with Crippen molar-refractivity contribution in [1.82, 2.24) is 5.48 Å². The summed E-state index contributed by atoms with van der Waals surface area (Å²) >= 11 is 3.43. The second-order valence-corrected chi connectivity index (χ2v) is 3.59. The maximum Gasteiger partial charge on any atom is 0.141 e. The summed E-state index contributed by atoms with van der Waals surface area (Å²) in [7, 11) is 4.81. The molecule has 0 saturated heterocycles. The first kappa shape index (κ1) is 12.3. The van der Waals surface area contributed by atoms with Crippen molar-refractivity contribution in [3.63, 3.8) is 0 Å². The smallest absolute Gasteiger partial charge is 0.141 e. The van der Waals surface area contributed by atoms with E-state index in [1.807, 2.05) is 12.1 Å². The molecule has 0 unspecified atom stereocenters. The normalized spacial score (nSPS) is 10.1. The number of hydroxylamine groups is 1. The zero-order valence-corrected chi connectivity index (χ0v) is 10.6. The molecule has 0 aliphatic heterocycles. The standard InChI is InChI=1S/C10H14BrNO3/c1-13-8-5-4-7(6-12-15-3)10(14-2)9(8)11/h4-5,12H,6H2,1-3H3. The molecule has 5 heteroatoms. The topological polar surface area (TPSA) is 39.7 Å². The Morgan fingerprint density at radius 1 is 1.20 bits per heavy atom. The zero-order valence-electron chi connectivity index (χ0n) is 8.96. The van der Waals surface area contributed by atoms with Crippen LogP contribution in [0.25, 0.3) is 0 Å². The molecule has 0 aliphatic rings. The number of methoxy groups -OCH3 is 2. The predicted molar refractivity (Wildman–Crippen MR) is 61.1 cm³/mol. The van der Waals surface area contributed by atoms with Crippen molar-refractivity contribution in [2.45, 2.75) is 6.54 Å². The molecule has 1 rings (SSSR count). The van der Waals surface area contributed by atoms with Crippen LogP contribution in [0.3, 0.4) is 0 Å². The summed E-state index contributed by atoms with van der Waals surface area (Å²) < 4.78 is 11.3. The van der Waals surface area contributed by atoms with Gasteiger partial charge in [-0.2, -0.15) is 5.48 Å². The lowest BCUT2D eigenvalue weighted by molar-refractivity contribution is 0.0861. The van der Waals surface area contributed by atoms with Gasteiger partial charge in [-0.1, -0.05) is 6.07 Å². The van der Waals surface area contributed by atoms with E-state index >= 15 is 0 Å².